The highest BCUT2D eigenvalue weighted by Crippen LogP contribution is 2.19. The standard InChI is InChI=1S/C11H24N4O/c1-4-11(2,3)9(16)14-7-5-6-8-15-10(12)13/h4-8H2,1-3H3,(H,14,16)(H4,12,13,15). The molecule has 0 aromatic rings. The van der Waals surface area contributed by atoms with Gasteiger partial charge in [-0.1, -0.05) is 20.8 Å². The number of carbonyl (C=O) groups is 1. The smallest absolute Gasteiger partial charge is 0.225 e. The lowest BCUT2D eigenvalue weighted by atomic mass is 9.89. The van der Waals surface area contributed by atoms with Crippen molar-refractivity contribution in [2.75, 3.05) is 13.1 Å². The fourth-order valence-electron chi connectivity index (χ4n) is 1.05. The van der Waals surface area contributed by atoms with Gasteiger partial charge in [-0.3, -0.25) is 9.79 Å². The Balaban J connectivity index is 3.60. The van der Waals surface area contributed by atoms with Gasteiger partial charge in [0.2, 0.25) is 5.91 Å². The molecule has 0 rings (SSSR count). The van der Waals surface area contributed by atoms with E-state index in [1.807, 2.05) is 20.8 Å². The van der Waals surface area contributed by atoms with Crippen LogP contribution in [0.3, 0.4) is 0 Å². The van der Waals surface area contributed by atoms with Crippen molar-refractivity contribution in [2.24, 2.45) is 21.9 Å². The van der Waals surface area contributed by atoms with Crippen LogP contribution >= 0.6 is 0 Å². The molecule has 0 bridgehead atoms. The number of carbonyl (C=O) groups excluding carboxylic acids is 1. The van der Waals surface area contributed by atoms with Gasteiger partial charge in [0.05, 0.1) is 0 Å². The summed E-state index contributed by atoms with van der Waals surface area (Å²) in [6, 6.07) is 0. The Hall–Kier alpha value is -1.26. The minimum atomic E-state index is -0.278. The van der Waals surface area contributed by atoms with Crippen LogP contribution in [-0.4, -0.2) is 25.0 Å². The lowest BCUT2D eigenvalue weighted by Gasteiger charge is -2.21. The van der Waals surface area contributed by atoms with Gasteiger partial charge in [-0.05, 0) is 19.3 Å². The topological polar surface area (TPSA) is 93.5 Å². The van der Waals surface area contributed by atoms with Gasteiger partial charge in [0, 0.05) is 18.5 Å². The maximum Gasteiger partial charge on any atom is 0.225 e. The third-order valence-corrected chi connectivity index (χ3v) is 2.66. The van der Waals surface area contributed by atoms with Gasteiger partial charge < -0.3 is 16.8 Å². The highest BCUT2D eigenvalue weighted by Gasteiger charge is 2.24. The Kier molecular flexibility index (Phi) is 6.53. The van der Waals surface area contributed by atoms with Crippen molar-refractivity contribution in [3.63, 3.8) is 0 Å². The van der Waals surface area contributed by atoms with Crippen LogP contribution in [0.2, 0.25) is 0 Å². The van der Waals surface area contributed by atoms with Crippen molar-refractivity contribution in [1.29, 1.82) is 0 Å². The van der Waals surface area contributed by atoms with Crippen LogP contribution in [0.1, 0.15) is 40.0 Å². The molecule has 0 fully saturated rings. The zero-order chi connectivity index (χ0) is 12.6. The zero-order valence-corrected chi connectivity index (χ0v) is 10.5. The molecule has 0 heterocycles. The van der Waals surface area contributed by atoms with E-state index >= 15 is 0 Å². The Morgan fingerprint density at radius 1 is 1.31 bits per heavy atom. The number of nitrogens with one attached hydrogen (secondary N) is 1. The SMILES string of the molecule is CCC(C)(C)C(=O)NCCCCN=C(N)N. The fourth-order valence-corrected chi connectivity index (χ4v) is 1.05. The molecule has 1 amide bonds. The number of rotatable bonds is 7. The second kappa shape index (κ2) is 7.09. The number of guanidine groups is 1. The highest BCUT2D eigenvalue weighted by molar-refractivity contribution is 5.81. The zero-order valence-electron chi connectivity index (χ0n) is 10.5. The molecule has 94 valence electrons. The molecule has 0 aliphatic heterocycles. The van der Waals surface area contributed by atoms with E-state index in [0.717, 1.165) is 19.3 Å². The van der Waals surface area contributed by atoms with Crippen LogP contribution in [0.25, 0.3) is 0 Å². The average molecular weight is 228 g/mol. The molecule has 0 atom stereocenters. The quantitative estimate of drug-likeness (QED) is 0.338. The lowest BCUT2D eigenvalue weighted by Crippen LogP contribution is -2.36. The van der Waals surface area contributed by atoms with Gasteiger partial charge in [-0.15, -0.1) is 0 Å². The van der Waals surface area contributed by atoms with Gasteiger partial charge in [0.1, 0.15) is 0 Å². The van der Waals surface area contributed by atoms with Crippen LogP contribution in [0.5, 0.6) is 0 Å². The number of unbranched alkanes of at least 4 members (excludes halogenated alkanes) is 1. The summed E-state index contributed by atoms with van der Waals surface area (Å²) in [6.45, 7) is 7.21. The van der Waals surface area contributed by atoms with E-state index in [4.69, 9.17) is 11.5 Å². The minimum absolute atomic E-state index is 0.108. The van der Waals surface area contributed by atoms with Crippen molar-refractivity contribution in [2.45, 2.75) is 40.0 Å². The summed E-state index contributed by atoms with van der Waals surface area (Å²) in [6.07, 6.45) is 2.61. The van der Waals surface area contributed by atoms with Gasteiger partial charge in [-0.2, -0.15) is 0 Å². The predicted molar refractivity (Wildman–Crippen MR) is 67.0 cm³/mol. The third-order valence-electron chi connectivity index (χ3n) is 2.66. The number of amides is 1. The molecule has 0 aromatic carbocycles. The average Bonchev–Trinajstić information content (AvgIpc) is 2.22. The summed E-state index contributed by atoms with van der Waals surface area (Å²) in [5, 5.41) is 2.91. The van der Waals surface area contributed by atoms with Gasteiger partial charge in [-0.25, -0.2) is 0 Å². The van der Waals surface area contributed by atoms with E-state index in [1.54, 1.807) is 0 Å². The summed E-state index contributed by atoms with van der Waals surface area (Å²) < 4.78 is 0. The van der Waals surface area contributed by atoms with E-state index in [-0.39, 0.29) is 17.3 Å². The van der Waals surface area contributed by atoms with E-state index in [1.165, 1.54) is 0 Å². The van der Waals surface area contributed by atoms with Crippen molar-refractivity contribution in [1.82, 2.24) is 5.32 Å². The van der Waals surface area contributed by atoms with Crippen molar-refractivity contribution >= 4 is 11.9 Å². The molecule has 0 saturated heterocycles. The molecule has 0 aromatic heterocycles. The van der Waals surface area contributed by atoms with E-state index in [0.29, 0.717) is 13.1 Å². The molecule has 0 unspecified atom stereocenters. The predicted octanol–water partition coefficient (Wildman–Crippen LogP) is 0.592. The first kappa shape index (κ1) is 14.7. The number of nitrogens with zero attached hydrogens (tertiary/aromatic N) is 1. The molecular formula is C11H24N4O. The maximum atomic E-state index is 11.7. The maximum absolute atomic E-state index is 11.7. The molecule has 0 aliphatic carbocycles. The molecule has 5 N–H and O–H groups in total. The number of nitrogens with two attached hydrogens (primary N) is 2. The molecule has 0 radical (unpaired) electrons. The minimum Gasteiger partial charge on any atom is -0.370 e. The Morgan fingerprint density at radius 3 is 2.44 bits per heavy atom. The second-order valence-electron chi connectivity index (χ2n) is 4.51. The second-order valence-corrected chi connectivity index (χ2v) is 4.51. The number of hydrogen-bond donors (Lipinski definition) is 3. The van der Waals surface area contributed by atoms with E-state index < -0.39 is 0 Å². The molecule has 0 aliphatic rings. The molecular weight excluding hydrogens is 204 g/mol. The van der Waals surface area contributed by atoms with Crippen LogP contribution in [0.4, 0.5) is 0 Å². The summed E-state index contributed by atoms with van der Waals surface area (Å²) in [4.78, 5) is 15.5. The highest BCUT2D eigenvalue weighted by atomic mass is 16.2. The molecule has 5 nitrogen and oxygen atoms in total. The first-order valence-corrected chi connectivity index (χ1v) is 5.74. The van der Waals surface area contributed by atoms with Crippen molar-refractivity contribution < 1.29 is 4.79 Å². The normalized spacial score (nSPS) is 10.9. The monoisotopic (exact) mass is 228 g/mol. The van der Waals surface area contributed by atoms with Crippen LogP contribution < -0.4 is 16.8 Å². The fraction of sp³-hybridized carbons (Fsp3) is 0.818. The van der Waals surface area contributed by atoms with Crippen LogP contribution in [0, 0.1) is 5.41 Å². The van der Waals surface area contributed by atoms with Gasteiger partial charge in [0.15, 0.2) is 5.96 Å². The molecule has 0 saturated carbocycles. The molecule has 16 heavy (non-hydrogen) atoms. The Labute approximate surface area is 97.7 Å². The molecule has 0 spiro atoms. The number of aliphatic imine (C=N–C) groups is 1. The first-order chi connectivity index (χ1) is 7.40. The van der Waals surface area contributed by atoms with Gasteiger partial charge >= 0.3 is 0 Å². The Morgan fingerprint density at radius 2 is 1.94 bits per heavy atom. The van der Waals surface area contributed by atoms with E-state index in [2.05, 4.69) is 10.3 Å². The summed E-state index contributed by atoms with van der Waals surface area (Å²) in [5.74, 6) is 0.230. The van der Waals surface area contributed by atoms with Crippen molar-refractivity contribution in [3.05, 3.63) is 0 Å². The van der Waals surface area contributed by atoms with E-state index in [9.17, 15) is 4.79 Å². The largest absolute Gasteiger partial charge is 0.370 e. The van der Waals surface area contributed by atoms with Crippen LogP contribution in [-0.2, 0) is 4.79 Å². The number of hydrogen-bond acceptors (Lipinski definition) is 2. The molecule has 5 heteroatoms. The lowest BCUT2D eigenvalue weighted by molar-refractivity contribution is -0.129. The van der Waals surface area contributed by atoms with Gasteiger partial charge in [0.25, 0.3) is 0 Å². The first-order valence-electron chi connectivity index (χ1n) is 5.74. The van der Waals surface area contributed by atoms with Crippen molar-refractivity contribution in [3.8, 4) is 0 Å². The Bertz CT molecular complexity index is 244. The summed E-state index contributed by atoms with van der Waals surface area (Å²) >= 11 is 0. The summed E-state index contributed by atoms with van der Waals surface area (Å²) in [5.41, 5.74) is 10.1. The third kappa shape index (κ3) is 6.27. The summed E-state index contributed by atoms with van der Waals surface area (Å²) in [7, 11) is 0. The van der Waals surface area contributed by atoms with Crippen LogP contribution in [0.15, 0.2) is 4.99 Å².